The van der Waals surface area contributed by atoms with E-state index in [-0.39, 0.29) is 0 Å². The molecule has 0 fully saturated rings. The lowest BCUT2D eigenvalue weighted by Gasteiger charge is -2.01. The highest BCUT2D eigenvalue weighted by Crippen LogP contribution is 2.11. The fraction of sp³-hybridized carbons (Fsp3) is 0.0833. The van der Waals surface area contributed by atoms with Crippen molar-refractivity contribution in [1.29, 1.82) is 0 Å². The summed E-state index contributed by atoms with van der Waals surface area (Å²) < 4.78 is 0. The Morgan fingerprint density at radius 3 is 2.78 bits per heavy atom. The summed E-state index contributed by atoms with van der Waals surface area (Å²) >= 11 is 11.7. The molecule has 0 unspecified atom stereocenters. The maximum Gasteiger partial charge on any atom is 0.151 e. The van der Waals surface area contributed by atoms with Gasteiger partial charge in [0.15, 0.2) is 5.82 Å². The molecule has 0 atom stereocenters. The van der Waals surface area contributed by atoms with Crippen LogP contribution in [0.4, 0.5) is 5.82 Å². The van der Waals surface area contributed by atoms with Crippen LogP contribution in [0.25, 0.3) is 0 Å². The van der Waals surface area contributed by atoms with Crippen LogP contribution in [0.1, 0.15) is 11.4 Å². The van der Waals surface area contributed by atoms with Gasteiger partial charge in [0.25, 0.3) is 0 Å². The van der Waals surface area contributed by atoms with Gasteiger partial charge in [-0.05, 0) is 24.6 Å². The van der Waals surface area contributed by atoms with Crippen molar-refractivity contribution >= 4 is 35.2 Å². The van der Waals surface area contributed by atoms with Crippen LogP contribution in [0.5, 0.6) is 0 Å². The van der Waals surface area contributed by atoms with E-state index in [2.05, 4.69) is 20.5 Å². The van der Waals surface area contributed by atoms with Crippen molar-refractivity contribution in [2.75, 3.05) is 5.43 Å². The highest BCUT2D eigenvalue weighted by Gasteiger charge is 1.97. The first-order valence-corrected chi connectivity index (χ1v) is 5.95. The van der Waals surface area contributed by atoms with Crippen LogP contribution in [-0.2, 0) is 0 Å². The first kappa shape index (κ1) is 12.8. The van der Waals surface area contributed by atoms with E-state index in [1.807, 2.05) is 18.2 Å². The SMILES string of the molecule is Cc1nc(Cl)cc(N/N=C/c2cccc(Cl)c2)n1. The number of aryl methyl sites for hydroxylation is 1. The van der Waals surface area contributed by atoms with Gasteiger partial charge in [-0.1, -0.05) is 35.3 Å². The second kappa shape index (κ2) is 5.80. The molecule has 4 nitrogen and oxygen atoms in total. The number of aromatic nitrogens is 2. The second-order valence-corrected chi connectivity index (χ2v) is 4.37. The molecule has 0 bridgehead atoms. The standard InChI is InChI=1S/C12H10Cl2N4/c1-8-16-11(14)6-12(17-8)18-15-7-9-3-2-4-10(13)5-9/h2-7H,1H3,(H,16,17,18)/b15-7+. The summed E-state index contributed by atoms with van der Waals surface area (Å²) in [5.74, 6) is 1.13. The Morgan fingerprint density at radius 1 is 1.22 bits per heavy atom. The van der Waals surface area contributed by atoms with Gasteiger partial charge in [0, 0.05) is 11.1 Å². The Hall–Kier alpha value is -1.65. The first-order valence-electron chi connectivity index (χ1n) is 5.19. The lowest BCUT2D eigenvalue weighted by atomic mass is 10.2. The van der Waals surface area contributed by atoms with Crippen molar-refractivity contribution in [3.05, 3.63) is 51.9 Å². The van der Waals surface area contributed by atoms with Crippen LogP contribution in [0.15, 0.2) is 35.4 Å². The van der Waals surface area contributed by atoms with Crippen LogP contribution in [0.2, 0.25) is 10.2 Å². The van der Waals surface area contributed by atoms with Crippen molar-refractivity contribution in [2.45, 2.75) is 6.92 Å². The van der Waals surface area contributed by atoms with Crippen LogP contribution in [0.3, 0.4) is 0 Å². The van der Waals surface area contributed by atoms with Gasteiger partial charge in [-0.3, -0.25) is 5.43 Å². The van der Waals surface area contributed by atoms with Gasteiger partial charge in [0.1, 0.15) is 11.0 Å². The van der Waals surface area contributed by atoms with Crippen molar-refractivity contribution in [2.24, 2.45) is 5.10 Å². The topological polar surface area (TPSA) is 50.2 Å². The molecule has 2 rings (SSSR count). The summed E-state index contributed by atoms with van der Waals surface area (Å²) in [7, 11) is 0. The maximum atomic E-state index is 5.86. The average molecular weight is 281 g/mol. The Labute approximate surface area is 115 Å². The predicted octanol–water partition coefficient (Wildman–Crippen LogP) is 3.54. The highest BCUT2D eigenvalue weighted by molar-refractivity contribution is 6.30. The summed E-state index contributed by atoms with van der Waals surface area (Å²) in [5, 5.41) is 5.10. The van der Waals surface area contributed by atoms with Gasteiger partial charge < -0.3 is 0 Å². The molecule has 0 saturated heterocycles. The molecule has 0 amide bonds. The molecule has 1 aromatic heterocycles. The number of nitrogens with one attached hydrogen (secondary N) is 1. The lowest BCUT2D eigenvalue weighted by molar-refractivity contribution is 1.04. The van der Waals surface area contributed by atoms with Gasteiger partial charge in [-0.2, -0.15) is 5.10 Å². The fourth-order valence-corrected chi connectivity index (χ4v) is 1.77. The number of hydrogen-bond acceptors (Lipinski definition) is 4. The molecule has 0 saturated carbocycles. The molecule has 0 aliphatic carbocycles. The Balaban J connectivity index is 2.07. The minimum absolute atomic E-state index is 0.378. The van der Waals surface area contributed by atoms with E-state index >= 15 is 0 Å². The number of anilines is 1. The van der Waals surface area contributed by atoms with Crippen LogP contribution >= 0.6 is 23.2 Å². The van der Waals surface area contributed by atoms with E-state index in [1.165, 1.54) is 0 Å². The second-order valence-electron chi connectivity index (χ2n) is 3.55. The zero-order valence-corrected chi connectivity index (χ0v) is 11.1. The summed E-state index contributed by atoms with van der Waals surface area (Å²) in [6, 6.07) is 8.97. The largest absolute Gasteiger partial charge is 0.261 e. The molecule has 92 valence electrons. The molecule has 0 aliphatic rings. The average Bonchev–Trinajstić information content (AvgIpc) is 2.27. The number of hydrazone groups is 1. The molecule has 18 heavy (non-hydrogen) atoms. The van der Waals surface area contributed by atoms with Gasteiger partial charge in [-0.15, -0.1) is 0 Å². The first-order chi connectivity index (χ1) is 8.63. The third kappa shape index (κ3) is 3.68. The molecular formula is C12H10Cl2N4. The quantitative estimate of drug-likeness (QED) is 0.532. The lowest BCUT2D eigenvalue weighted by Crippen LogP contribution is -1.97. The van der Waals surface area contributed by atoms with E-state index in [4.69, 9.17) is 23.2 Å². The molecule has 6 heteroatoms. The summed E-state index contributed by atoms with van der Waals surface area (Å²) in [6.45, 7) is 1.76. The Morgan fingerprint density at radius 2 is 2.06 bits per heavy atom. The van der Waals surface area contributed by atoms with E-state index < -0.39 is 0 Å². The summed E-state index contributed by atoms with van der Waals surface area (Å²) in [4.78, 5) is 8.09. The minimum atomic E-state index is 0.378. The predicted molar refractivity (Wildman–Crippen MR) is 74.4 cm³/mol. The monoisotopic (exact) mass is 280 g/mol. The third-order valence-electron chi connectivity index (χ3n) is 2.05. The smallest absolute Gasteiger partial charge is 0.151 e. The molecule has 1 N–H and O–H groups in total. The molecule has 1 aromatic carbocycles. The Bertz CT molecular complexity index is 564. The number of nitrogens with zero attached hydrogens (tertiary/aromatic N) is 3. The van der Waals surface area contributed by atoms with Gasteiger partial charge in [-0.25, -0.2) is 9.97 Å². The number of rotatable bonds is 3. The molecule has 2 aromatic rings. The third-order valence-corrected chi connectivity index (χ3v) is 2.48. The maximum absolute atomic E-state index is 5.86. The number of halogens is 2. The summed E-state index contributed by atoms with van der Waals surface area (Å²) in [6.07, 6.45) is 1.65. The van der Waals surface area contributed by atoms with Crippen molar-refractivity contribution in [3.8, 4) is 0 Å². The van der Waals surface area contributed by atoms with E-state index in [1.54, 1.807) is 25.3 Å². The molecule has 0 spiro atoms. The minimum Gasteiger partial charge on any atom is -0.261 e. The normalized spacial score (nSPS) is 10.8. The van der Waals surface area contributed by atoms with Crippen molar-refractivity contribution in [3.63, 3.8) is 0 Å². The van der Waals surface area contributed by atoms with Crippen molar-refractivity contribution < 1.29 is 0 Å². The zero-order chi connectivity index (χ0) is 13.0. The van der Waals surface area contributed by atoms with E-state index in [9.17, 15) is 0 Å². The molecule has 0 aliphatic heterocycles. The van der Waals surface area contributed by atoms with Crippen LogP contribution < -0.4 is 5.43 Å². The number of hydrogen-bond donors (Lipinski definition) is 1. The van der Waals surface area contributed by atoms with E-state index in [0.717, 1.165) is 5.56 Å². The number of benzene rings is 1. The molecule has 0 radical (unpaired) electrons. The van der Waals surface area contributed by atoms with Crippen molar-refractivity contribution in [1.82, 2.24) is 9.97 Å². The fourth-order valence-electron chi connectivity index (χ4n) is 1.35. The summed E-state index contributed by atoms with van der Waals surface area (Å²) in [5.41, 5.74) is 3.68. The highest BCUT2D eigenvalue weighted by atomic mass is 35.5. The van der Waals surface area contributed by atoms with Gasteiger partial charge >= 0.3 is 0 Å². The zero-order valence-electron chi connectivity index (χ0n) is 9.56. The van der Waals surface area contributed by atoms with Crippen LogP contribution in [-0.4, -0.2) is 16.2 Å². The molecular weight excluding hydrogens is 271 g/mol. The van der Waals surface area contributed by atoms with Crippen LogP contribution in [0, 0.1) is 6.92 Å². The van der Waals surface area contributed by atoms with E-state index in [0.29, 0.717) is 21.8 Å². The molecule has 1 heterocycles. The van der Waals surface area contributed by atoms with Gasteiger partial charge in [0.2, 0.25) is 0 Å². The Kier molecular flexibility index (Phi) is 4.12. The van der Waals surface area contributed by atoms with Gasteiger partial charge in [0.05, 0.1) is 6.21 Å².